The monoisotopic (exact) mass is 525 g/mol. The Morgan fingerprint density at radius 3 is 2.47 bits per heavy atom. The number of Topliss-reactive ketones (excluding diaryl/α,β-unsaturated/α-hetero) is 1. The summed E-state index contributed by atoms with van der Waals surface area (Å²) in [6.07, 6.45) is 4.17. The first kappa shape index (κ1) is 24.3. The zero-order valence-corrected chi connectivity index (χ0v) is 21.2. The molecule has 0 spiro atoms. The predicted octanol–water partition coefficient (Wildman–Crippen LogP) is 5.72. The van der Waals surface area contributed by atoms with Gasteiger partial charge in [-0.15, -0.1) is 0 Å². The predicted molar refractivity (Wildman–Crippen MR) is 141 cm³/mol. The first-order chi connectivity index (χ1) is 17.4. The number of fused-ring (bicyclic) bond motifs is 1. The van der Waals surface area contributed by atoms with Crippen molar-refractivity contribution in [3.05, 3.63) is 64.3 Å². The van der Waals surface area contributed by atoms with E-state index in [1.54, 1.807) is 25.1 Å². The topological polar surface area (TPSA) is 87.7 Å². The number of halogens is 2. The van der Waals surface area contributed by atoms with Crippen LogP contribution in [0.1, 0.15) is 36.5 Å². The van der Waals surface area contributed by atoms with E-state index in [-0.39, 0.29) is 29.9 Å². The lowest BCUT2D eigenvalue weighted by atomic mass is 9.92. The summed E-state index contributed by atoms with van der Waals surface area (Å²) < 4.78 is 5.75. The van der Waals surface area contributed by atoms with Crippen molar-refractivity contribution >= 4 is 57.9 Å². The molecule has 8 nitrogen and oxygen atoms in total. The van der Waals surface area contributed by atoms with E-state index in [4.69, 9.17) is 27.9 Å². The van der Waals surface area contributed by atoms with Crippen molar-refractivity contribution in [3.8, 4) is 5.88 Å². The van der Waals surface area contributed by atoms with Crippen LogP contribution in [0.15, 0.2) is 48.7 Å². The molecule has 10 heteroatoms. The maximum atomic E-state index is 13.1. The molecule has 0 saturated carbocycles. The lowest BCUT2D eigenvalue weighted by Gasteiger charge is -2.33. The minimum atomic E-state index is -0.339. The van der Waals surface area contributed by atoms with Gasteiger partial charge in [0.05, 0.1) is 15.7 Å². The summed E-state index contributed by atoms with van der Waals surface area (Å²) in [4.78, 5) is 36.8. The fraction of sp³-hybridized carbons (Fsp3) is 0.308. The van der Waals surface area contributed by atoms with Gasteiger partial charge in [-0.25, -0.2) is 4.98 Å². The van der Waals surface area contributed by atoms with Crippen molar-refractivity contribution in [2.45, 2.75) is 26.2 Å². The highest BCUT2D eigenvalue weighted by Gasteiger charge is 2.31. The van der Waals surface area contributed by atoms with Crippen LogP contribution in [0, 0.1) is 5.92 Å². The zero-order chi connectivity index (χ0) is 25.2. The molecule has 0 atom stereocenters. The lowest BCUT2D eigenvalue weighted by Crippen LogP contribution is -2.39. The van der Waals surface area contributed by atoms with Crippen LogP contribution in [0.5, 0.6) is 5.88 Å². The fourth-order valence-electron chi connectivity index (χ4n) is 4.61. The molecule has 0 radical (unpaired) electrons. The Morgan fingerprint density at radius 1 is 1.11 bits per heavy atom. The third kappa shape index (κ3) is 5.10. The number of benzene rings is 2. The van der Waals surface area contributed by atoms with Crippen LogP contribution in [0.2, 0.25) is 10.0 Å². The minimum Gasteiger partial charge on any atom is -0.455 e. The van der Waals surface area contributed by atoms with E-state index in [2.05, 4.69) is 32.3 Å². The summed E-state index contributed by atoms with van der Waals surface area (Å²) >= 11 is 12.5. The van der Waals surface area contributed by atoms with E-state index < -0.39 is 0 Å². The molecule has 1 N–H and O–H groups in total. The van der Waals surface area contributed by atoms with Crippen molar-refractivity contribution in [1.82, 2.24) is 9.97 Å². The van der Waals surface area contributed by atoms with Crippen LogP contribution in [-0.4, -0.2) is 41.5 Å². The average Bonchev–Trinajstić information content (AvgIpc) is 2.86. The van der Waals surface area contributed by atoms with Crippen molar-refractivity contribution in [3.63, 3.8) is 0 Å². The van der Waals surface area contributed by atoms with E-state index in [0.717, 1.165) is 37.3 Å². The second kappa shape index (κ2) is 10.3. The highest BCUT2D eigenvalue weighted by atomic mass is 35.5. The summed E-state index contributed by atoms with van der Waals surface area (Å²) in [5, 5.41) is 3.87. The number of rotatable bonds is 6. The van der Waals surface area contributed by atoms with Gasteiger partial charge in [-0.3, -0.25) is 9.69 Å². The number of carbonyl (C=O) groups is 2. The number of ketones is 1. The molecule has 3 aromatic rings. The molecule has 0 unspecified atom stereocenters. The van der Waals surface area contributed by atoms with Crippen molar-refractivity contribution in [2.24, 2.45) is 5.92 Å². The molecule has 2 aromatic carbocycles. The number of nitrogens with zero attached hydrogens (tertiary/aromatic N) is 4. The number of nitrogens with one attached hydrogen (secondary N) is 1. The van der Waals surface area contributed by atoms with E-state index in [0.29, 0.717) is 34.0 Å². The number of anilines is 4. The minimum absolute atomic E-state index is 0.0659. The van der Waals surface area contributed by atoms with Crippen LogP contribution in [0.3, 0.4) is 0 Å². The number of hydrogen-bond acceptors (Lipinski definition) is 7. The molecule has 1 amide bonds. The van der Waals surface area contributed by atoms with Gasteiger partial charge < -0.3 is 19.7 Å². The number of amides is 1. The molecular formula is C26H25Cl2N5O3. The SMILES string of the molecule is CC(=O)CC1CCN(c2ccc(Nc3ncc4c(n3)OCN(c3c(Cl)cccc3Cl)C4=O)cc2)CC1. The highest BCUT2D eigenvalue weighted by Crippen LogP contribution is 2.37. The normalized spacial score (nSPS) is 15.9. The molecule has 3 heterocycles. The molecule has 186 valence electrons. The summed E-state index contributed by atoms with van der Waals surface area (Å²) in [5.74, 6) is 0.939. The molecule has 36 heavy (non-hydrogen) atoms. The highest BCUT2D eigenvalue weighted by molar-refractivity contribution is 6.40. The quantitative estimate of drug-likeness (QED) is 0.440. The molecular weight excluding hydrogens is 501 g/mol. The Kier molecular flexibility index (Phi) is 6.98. The Balaban J connectivity index is 1.24. The van der Waals surface area contributed by atoms with E-state index in [1.807, 2.05) is 12.1 Å². The van der Waals surface area contributed by atoms with Crippen molar-refractivity contribution in [2.75, 3.05) is 34.9 Å². The van der Waals surface area contributed by atoms with Gasteiger partial charge in [-0.05, 0) is 62.1 Å². The number of aromatic nitrogens is 2. The Labute approximate surface area is 219 Å². The van der Waals surface area contributed by atoms with Gasteiger partial charge in [-0.2, -0.15) is 4.98 Å². The summed E-state index contributed by atoms with van der Waals surface area (Å²) in [6, 6.07) is 13.1. The third-order valence-electron chi connectivity index (χ3n) is 6.45. The van der Waals surface area contributed by atoms with Gasteiger partial charge in [0.2, 0.25) is 11.8 Å². The van der Waals surface area contributed by atoms with Gasteiger partial charge in [0.25, 0.3) is 5.91 Å². The van der Waals surface area contributed by atoms with Crippen molar-refractivity contribution < 1.29 is 14.3 Å². The van der Waals surface area contributed by atoms with Crippen molar-refractivity contribution in [1.29, 1.82) is 0 Å². The Morgan fingerprint density at radius 2 is 1.81 bits per heavy atom. The molecule has 5 rings (SSSR count). The largest absolute Gasteiger partial charge is 0.455 e. The van der Waals surface area contributed by atoms with Crippen LogP contribution in [0.4, 0.5) is 23.0 Å². The lowest BCUT2D eigenvalue weighted by molar-refractivity contribution is -0.118. The molecule has 1 aromatic heterocycles. The van der Waals surface area contributed by atoms with Gasteiger partial charge in [0.15, 0.2) is 6.73 Å². The standard InChI is InChI=1S/C26H25Cl2N5O3/c1-16(34)13-17-9-11-32(12-10-17)19-7-5-18(6-8-19)30-26-29-14-20-24(31-26)36-15-33(25(20)35)23-21(27)3-2-4-22(23)28/h2-8,14,17H,9-13,15H2,1H3,(H,29,30,31). The average molecular weight is 526 g/mol. The summed E-state index contributed by atoms with van der Waals surface area (Å²) in [6.45, 7) is 3.49. The number of carbonyl (C=O) groups excluding carboxylic acids is 2. The first-order valence-electron chi connectivity index (χ1n) is 11.8. The molecule has 0 aliphatic carbocycles. The number of para-hydroxylation sites is 1. The zero-order valence-electron chi connectivity index (χ0n) is 19.7. The number of piperidine rings is 1. The second-order valence-electron chi connectivity index (χ2n) is 9.00. The fourth-order valence-corrected chi connectivity index (χ4v) is 5.21. The molecule has 2 aliphatic heterocycles. The summed E-state index contributed by atoms with van der Waals surface area (Å²) in [5.41, 5.74) is 2.57. The molecule has 1 saturated heterocycles. The number of ether oxygens (including phenoxy) is 1. The van der Waals surface area contributed by atoms with Crippen LogP contribution < -0.4 is 19.9 Å². The Hall–Kier alpha value is -3.36. The first-order valence-corrected chi connectivity index (χ1v) is 12.5. The second-order valence-corrected chi connectivity index (χ2v) is 9.81. The maximum absolute atomic E-state index is 13.1. The van der Waals surface area contributed by atoms with Gasteiger partial charge in [-0.1, -0.05) is 29.3 Å². The van der Waals surface area contributed by atoms with Crippen LogP contribution in [-0.2, 0) is 4.79 Å². The van der Waals surface area contributed by atoms with E-state index >= 15 is 0 Å². The van der Waals surface area contributed by atoms with Gasteiger partial charge in [0.1, 0.15) is 11.3 Å². The molecule has 1 fully saturated rings. The van der Waals surface area contributed by atoms with Crippen LogP contribution in [0.25, 0.3) is 0 Å². The maximum Gasteiger partial charge on any atom is 0.268 e. The van der Waals surface area contributed by atoms with E-state index in [1.165, 1.54) is 11.1 Å². The molecule has 0 bridgehead atoms. The number of hydrogen-bond donors (Lipinski definition) is 1. The van der Waals surface area contributed by atoms with Gasteiger partial charge >= 0.3 is 0 Å². The third-order valence-corrected chi connectivity index (χ3v) is 7.06. The Bertz CT molecular complexity index is 1270. The molecule has 2 aliphatic rings. The smallest absolute Gasteiger partial charge is 0.268 e. The van der Waals surface area contributed by atoms with E-state index in [9.17, 15) is 9.59 Å². The summed E-state index contributed by atoms with van der Waals surface area (Å²) in [7, 11) is 0. The van der Waals surface area contributed by atoms with Gasteiger partial charge in [0, 0.05) is 37.1 Å². The van der Waals surface area contributed by atoms with Crippen LogP contribution >= 0.6 is 23.2 Å².